The highest BCUT2D eigenvalue weighted by atomic mass is 15.2. The zero-order valence-electron chi connectivity index (χ0n) is 19.1. The summed E-state index contributed by atoms with van der Waals surface area (Å²) in [7, 11) is 0. The normalized spacial score (nSPS) is 20.5. The van der Waals surface area contributed by atoms with Gasteiger partial charge < -0.3 is 9.47 Å². The van der Waals surface area contributed by atoms with Gasteiger partial charge in [0.2, 0.25) is 0 Å². The van der Waals surface area contributed by atoms with Gasteiger partial charge in [-0.15, -0.1) is 0 Å². The average Bonchev–Trinajstić information content (AvgIpc) is 3.20. The molecule has 0 bridgehead atoms. The second-order valence-electron chi connectivity index (χ2n) is 9.47. The van der Waals surface area contributed by atoms with E-state index >= 15 is 0 Å². The van der Waals surface area contributed by atoms with Gasteiger partial charge in [0.25, 0.3) is 0 Å². The molecule has 4 heterocycles. The van der Waals surface area contributed by atoms with Gasteiger partial charge in [0.1, 0.15) is 17.2 Å². The smallest absolute Gasteiger partial charge is 0.162 e. The van der Waals surface area contributed by atoms with E-state index in [0.29, 0.717) is 6.04 Å². The molecule has 3 aromatic rings. The van der Waals surface area contributed by atoms with Crippen molar-refractivity contribution in [2.45, 2.75) is 71.5 Å². The molecule has 2 saturated heterocycles. The number of aromatic nitrogens is 3. The fourth-order valence-corrected chi connectivity index (χ4v) is 5.09. The van der Waals surface area contributed by atoms with Gasteiger partial charge in [-0.1, -0.05) is 42.7 Å². The quantitative estimate of drug-likeness (QED) is 0.575. The van der Waals surface area contributed by atoms with Crippen LogP contribution in [-0.2, 0) is 13.1 Å². The Balaban J connectivity index is 1.53. The van der Waals surface area contributed by atoms with Gasteiger partial charge in [-0.3, -0.25) is 4.90 Å². The molecule has 0 unspecified atom stereocenters. The third-order valence-corrected chi connectivity index (χ3v) is 7.08. The van der Waals surface area contributed by atoms with Crippen molar-refractivity contribution < 1.29 is 0 Å². The minimum Gasteiger partial charge on any atom is -0.357 e. The highest BCUT2D eigenvalue weighted by molar-refractivity contribution is 5.74. The van der Waals surface area contributed by atoms with Crippen LogP contribution in [0.1, 0.15) is 62.4 Å². The van der Waals surface area contributed by atoms with E-state index in [0.717, 1.165) is 49.0 Å². The van der Waals surface area contributed by atoms with Crippen LogP contribution in [0.4, 0.5) is 5.82 Å². The molecule has 1 aromatic carbocycles. The van der Waals surface area contributed by atoms with E-state index in [1.165, 1.54) is 56.2 Å². The fraction of sp³-hybridized carbons (Fsp3) is 0.538. The Hall–Kier alpha value is -2.40. The van der Waals surface area contributed by atoms with Crippen LogP contribution in [0, 0.1) is 6.92 Å². The van der Waals surface area contributed by atoms with Crippen molar-refractivity contribution in [2.24, 2.45) is 0 Å². The van der Waals surface area contributed by atoms with Crippen LogP contribution >= 0.6 is 0 Å². The number of imidazole rings is 1. The molecule has 5 heteroatoms. The van der Waals surface area contributed by atoms with Crippen molar-refractivity contribution in [3.63, 3.8) is 0 Å². The Bertz CT molecular complexity index is 1010. The summed E-state index contributed by atoms with van der Waals surface area (Å²) in [5, 5.41) is 0. The van der Waals surface area contributed by atoms with Crippen molar-refractivity contribution >= 4 is 17.0 Å². The van der Waals surface area contributed by atoms with Crippen LogP contribution < -0.4 is 4.90 Å². The van der Waals surface area contributed by atoms with E-state index in [1.807, 2.05) is 0 Å². The van der Waals surface area contributed by atoms with Crippen LogP contribution in [0.15, 0.2) is 36.4 Å². The van der Waals surface area contributed by atoms with Gasteiger partial charge in [0.15, 0.2) is 5.65 Å². The van der Waals surface area contributed by atoms with Crippen LogP contribution in [0.25, 0.3) is 11.2 Å². The van der Waals surface area contributed by atoms with E-state index < -0.39 is 0 Å². The van der Waals surface area contributed by atoms with Gasteiger partial charge in [-0.2, -0.15) is 0 Å². The molecule has 2 aromatic heterocycles. The Morgan fingerprint density at radius 2 is 1.61 bits per heavy atom. The first-order valence-corrected chi connectivity index (χ1v) is 12.1. The molecule has 5 nitrogen and oxygen atoms in total. The molecule has 0 aliphatic carbocycles. The molecule has 2 fully saturated rings. The molecule has 0 N–H and O–H groups in total. The monoisotopic (exact) mass is 417 g/mol. The van der Waals surface area contributed by atoms with Crippen LogP contribution in [0.2, 0.25) is 0 Å². The molecular weight excluding hydrogens is 382 g/mol. The maximum Gasteiger partial charge on any atom is 0.162 e. The number of hydrogen-bond donors (Lipinski definition) is 0. The molecule has 0 radical (unpaired) electrons. The largest absolute Gasteiger partial charge is 0.357 e. The summed E-state index contributed by atoms with van der Waals surface area (Å²) in [6.45, 7) is 9.61. The minimum atomic E-state index is 0.633. The summed E-state index contributed by atoms with van der Waals surface area (Å²) < 4.78 is 2.37. The predicted octanol–water partition coefficient (Wildman–Crippen LogP) is 5.15. The van der Waals surface area contributed by atoms with Crippen molar-refractivity contribution in [2.75, 3.05) is 24.5 Å². The first kappa shape index (κ1) is 20.5. The number of likely N-dealkylation sites (tertiary alicyclic amines) is 1. The Labute approximate surface area is 186 Å². The van der Waals surface area contributed by atoms with E-state index in [-0.39, 0.29) is 0 Å². The molecule has 0 spiro atoms. The number of hydrogen-bond acceptors (Lipinski definition) is 4. The van der Waals surface area contributed by atoms with E-state index in [9.17, 15) is 0 Å². The Morgan fingerprint density at radius 1 is 0.839 bits per heavy atom. The van der Waals surface area contributed by atoms with Crippen LogP contribution in [0.5, 0.6) is 0 Å². The standard InChI is InChI=1S/C26H35N5/c1-20-9-11-22(12-10-20)18-31-25(19-30-17-7-8-21(30)2)27-23-13-14-24(28-26(23)31)29-15-5-3-4-6-16-29/h9-14,21H,3-8,15-19H2,1-2H3/t21-/m1/s1. The third-order valence-electron chi connectivity index (χ3n) is 7.08. The molecule has 31 heavy (non-hydrogen) atoms. The van der Waals surface area contributed by atoms with Crippen molar-refractivity contribution in [1.29, 1.82) is 0 Å². The predicted molar refractivity (Wildman–Crippen MR) is 128 cm³/mol. The summed E-state index contributed by atoms with van der Waals surface area (Å²) in [5.41, 5.74) is 4.66. The molecule has 2 aliphatic rings. The number of anilines is 1. The molecule has 0 saturated carbocycles. The highest BCUT2D eigenvalue weighted by Crippen LogP contribution is 2.25. The van der Waals surface area contributed by atoms with E-state index in [1.54, 1.807) is 0 Å². The molecule has 0 amide bonds. The molecule has 1 atom stereocenters. The van der Waals surface area contributed by atoms with Crippen molar-refractivity contribution in [3.8, 4) is 0 Å². The zero-order valence-corrected chi connectivity index (χ0v) is 19.1. The second-order valence-corrected chi connectivity index (χ2v) is 9.47. The topological polar surface area (TPSA) is 37.2 Å². The lowest BCUT2D eigenvalue weighted by Gasteiger charge is -2.22. The number of benzene rings is 1. The van der Waals surface area contributed by atoms with Gasteiger partial charge in [-0.05, 0) is 63.8 Å². The zero-order chi connectivity index (χ0) is 21.2. The summed E-state index contributed by atoms with van der Waals surface area (Å²) in [4.78, 5) is 15.3. The summed E-state index contributed by atoms with van der Waals surface area (Å²) in [6.07, 6.45) is 7.78. The highest BCUT2D eigenvalue weighted by Gasteiger charge is 2.24. The lowest BCUT2D eigenvalue weighted by atomic mass is 10.1. The maximum atomic E-state index is 5.18. The molecule has 5 rings (SSSR count). The van der Waals surface area contributed by atoms with Crippen molar-refractivity contribution in [1.82, 2.24) is 19.4 Å². The number of rotatable bonds is 5. The maximum absolute atomic E-state index is 5.18. The number of fused-ring (bicyclic) bond motifs is 1. The number of aryl methyl sites for hydroxylation is 1. The SMILES string of the molecule is Cc1ccc(Cn2c(CN3CCC[C@H]3C)nc3ccc(N4CCCCCC4)nc32)cc1. The third kappa shape index (κ3) is 4.47. The van der Waals surface area contributed by atoms with Crippen LogP contribution in [0.3, 0.4) is 0 Å². The number of nitrogens with zero attached hydrogens (tertiary/aromatic N) is 5. The second kappa shape index (κ2) is 8.99. The lowest BCUT2D eigenvalue weighted by Crippen LogP contribution is -2.28. The fourth-order valence-electron chi connectivity index (χ4n) is 5.09. The molecular formula is C26H35N5. The van der Waals surface area contributed by atoms with Crippen LogP contribution in [-0.4, -0.2) is 45.1 Å². The minimum absolute atomic E-state index is 0.633. The lowest BCUT2D eigenvalue weighted by molar-refractivity contribution is 0.251. The summed E-state index contributed by atoms with van der Waals surface area (Å²) in [5.74, 6) is 2.25. The molecule has 164 valence electrons. The summed E-state index contributed by atoms with van der Waals surface area (Å²) in [6, 6.07) is 13.9. The first-order chi connectivity index (χ1) is 15.2. The van der Waals surface area contributed by atoms with Gasteiger partial charge in [0.05, 0.1) is 13.1 Å². The summed E-state index contributed by atoms with van der Waals surface area (Å²) >= 11 is 0. The Morgan fingerprint density at radius 3 is 2.32 bits per heavy atom. The number of pyridine rings is 1. The van der Waals surface area contributed by atoms with Gasteiger partial charge in [0, 0.05) is 19.1 Å². The van der Waals surface area contributed by atoms with Gasteiger partial charge in [-0.25, -0.2) is 9.97 Å². The average molecular weight is 418 g/mol. The van der Waals surface area contributed by atoms with E-state index in [2.05, 4.69) is 64.6 Å². The van der Waals surface area contributed by atoms with E-state index in [4.69, 9.17) is 9.97 Å². The van der Waals surface area contributed by atoms with Crippen molar-refractivity contribution in [3.05, 3.63) is 53.3 Å². The van der Waals surface area contributed by atoms with Gasteiger partial charge >= 0.3 is 0 Å². The first-order valence-electron chi connectivity index (χ1n) is 12.1. The Kier molecular flexibility index (Phi) is 5.95. The molecule has 2 aliphatic heterocycles.